The van der Waals surface area contributed by atoms with E-state index >= 15 is 0 Å². The van der Waals surface area contributed by atoms with Crippen molar-refractivity contribution in [1.82, 2.24) is 30.7 Å². The van der Waals surface area contributed by atoms with Crippen LogP contribution in [0, 0.1) is 5.95 Å². The Balaban J connectivity index is 1.62. The van der Waals surface area contributed by atoms with Crippen molar-refractivity contribution in [3.8, 4) is 11.4 Å². The van der Waals surface area contributed by atoms with E-state index in [1.165, 1.54) is 18.6 Å². The summed E-state index contributed by atoms with van der Waals surface area (Å²) in [6, 6.07) is 9.85. The number of pyridine rings is 1. The molecule has 23 heavy (non-hydrogen) atoms. The summed E-state index contributed by atoms with van der Waals surface area (Å²) in [6.45, 7) is 0.336. The van der Waals surface area contributed by atoms with Gasteiger partial charge in [-0.1, -0.05) is 24.3 Å². The molecule has 1 amide bonds. The topological polar surface area (TPSA) is 93.6 Å². The first-order valence-electron chi connectivity index (χ1n) is 6.72. The number of carbonyl (C=O) groups is 1. The van der Waals surface area contributed by atoms with E-state index in [2.05, 4.69) is 30.7 Å². The number of hydrogen-bond donors (Lipinski definition) is 1. The molecule has 0 bridgehead atoms. The number of carbonyl (C=O) groups excluding carboxylic acids is 1. The van der Waals surface area contributed by atoms with Crippen LogP contribution < -0.4 is 5.32 Å². The Labute approximate surface area is 130 Å². The minimum atomic E-state index is -0.621. The molecule has 2 heterocycles. The van der Waals surface area contributed by atoms with Gasteiger partial charge in [0.05, 0.1) is 5.56 Å². The molecule has 2 aromatic heterocycles. The molecular weight excluding hydrogens is 299 g/mol. The number of hydrogen-bond acceptors (Lipinski definition) is 6. The molecule has 0 aliphatic rings. The Morgan fingerprint density at radius 1 is 1.04 bits per heavy atom. The summed E-state index contributed by atoms with van der Waals surface area (Å²) in [5.41, 5.74) is 1.98. The molecule has 114 valence electrons. The Bertz CT molecular complexity index is 792. The molecule has 1 aromatic carbocycles. The van der Waals surface area contributed by atoms with Gasteiger partial charge in [0, 0.05) is 18.3 Å². The van der Waals surface area contributed by atoms with Gasteiger partial charge >= 0.3 is 0 Å². The van der Waals surface area contributed by atoms with Gasteiger partial charge in [0.15, 0.2) is 6.33 Å². The maximum absolute atomic E-state index is 12.7. The van der Waals surface area contributed by atoms with Crippen LogP contribution in [0.15, 0.2) is 48.9 Å². The number of benzene rings is 1. The van der Waals surface area contributed by atoms with Gasteiger partial charge in [0.1, 0.15) is 0 Å². The standard InChI is InChI=1S/C15H11FN6O/c16-13-6-5-12(8-17-13)15(23)18-7-10-1-3-11(4-2-10)14-21-19-9-20-22-14/h1-6,8-9H,7H2,(H,18,23). The normalized spacial score (nSPS) is 10.3. The SMILES string of the molecule is O=C(NCc1ccc(-c2nncnn2)cc1)c1ccc(F)nc1. The van der Waals surface area contributed by atoms with E-state index in [0.29, 0.717) is 17.9 Å². The van der Waals surface area contributed by atoms with Crippen molar-refractivity contribution in [3.05, 3.63) is 66.0 Å². The van der Waals surface area contributed by atoms with E-state index in [1.54, 1.807) is 0 Å². The van der Waals surface area contributed by atoms with E-state index < -0.39 is 5.95 Å². The van der Waals surface area contributed by atoms with Gasteiger partial charge in [-0.2, -0.15) is 4.39 Å². The molecule has 1 N–H and O–H groups in total. The first-order valence-corrected chi connectivity index (χ1v) is 6.72. The quantitative estimate of drug-likeness (QED) is 0.732. The maximum Gasteiger partial charge on any atom is 0.253 e. The maximum atomic E-state index is 12.7. The summed E-state index contributed by atoms with van der Waals surface area (Å²) in [6.07, 6.45) is 2.46. The molecule has 0 spiro atoms. The number of amides is 1. The van der Waals surface area contributed by atoms with Crippen molar-refractivity contribution in [3.63, 3.8) is 0 Å². The first-order chi connectivity index (χ1) is 11.2. The largest absolute Gasteiger partial charge is 0.348 e. The number of aromatic nitrogens is 5. The van der Waals surface area contributed by atoms with Crippen molar-refractivity contribution >= 4 is 5.91 Å². The Morgan fingerprint density at radius 2 is 1.78 bits per heavy atom. The van der Waals surface area contributed by atoms with Crippen LogP contribution in [-0.2, 0) is 6.54 Å². The smallest absolute Gasteiger partial charge is 0.253 e. The fourth-order valence-corrected chi connectivity index (χ4v) is 1.89. The third-order valence-electron chi connectivity index (χ3n) is 3.06. The molecule has 0 fully saturated rings. The minimum absolute atomic E-state index is 0.304. The highest BCUT2D eigenvalue weighted by atomic mass is 19.1. The van der Waals surface area contributed by atoms with Crippen LogP contribution in [0.2, 0.25) is 0 Å². The Kier molecular flexibility index (Phi) is 4.23. The second kappa shape index (κ2) is 6.65. The van der Waals surface area contributed by atoms with E-state index in [4.69, 9.17) is 0 Å². The molecule has 3 aromatic rings. The number of nitrogens with zero attached hydrogens (tertiary/aromatic N) is 5. The lowest BCUT2D eigenvalue weighted by atomic mass is 10.1. The van der Waals surface area contributed by atoms with Crippen molar-refractivity contribution < 1.29 is 9.18 Å². The van der Waals surface area contributed by atoms with Crippen LogP contribution in [0.25, 0.3) is 11.4 Å². The van der Waals surface area contributed by atoms with Gasteiger partial charge in [-0.05, 0) is 17.7 Å². The summed E-state index contributed by atoms with van der Waals surface area (Å²) in [5, 5.41) is 17.8. The lowest BCUT2D eigenvalue weighted by Gasteiger charge is -2.06. The van der Waals surface area contributed by atoms with Gasteiger partial charge in [-0.15, -0.1) is 20.4 Å². The third-order valence-corrected chi connectivity index (χ3v) is 3.06. The van der Waals surface area contributed by atoms with E-state index in [1.807, 2.05) is 24.3 Å². The van der Waals surface area contributed by atoms with Crippen molar-refractivity contribution in [2.75, 3.05) is 0 Å². The zero-order chi connectivity index (χ0) is 16.1. The highest BCUT2D eigenvalue weighted by Gasteiger charge is 2.06. The van der Waals surface area contributed by atoms with Crippen LogP contribution >= 0.6 is 0 Å². The average molecular weight is 310 g/mol. The van der Waals surface area contributed by atoms with Crippen molar-refractivity contribution in [2.24, 2.45) is 0 Å². The predicted octanol–water partition coefficient (Wildman–Crippen LogP) is 1.40. The molecule has 0 aliphatic carbocycles. The number of nitrogens with one attached hydrogen (secondary N) is 1. The monoisotopic (exact) mass is 310 g/mol. The zero-order valence-electron chi connectivity index (χ0n) is 11.8. The third kappa shape index (κ3) is 3.67. The minimum Gasteiger partial charge on any atom is -0.348 e. The van der Waals surface area contributed by atoms with Crippen LogP contribution in [0.1, 0.15) is 15.9 Å². The van der Waals surface area contributed by atoms with E-state index in [9.17, 15) is 9.18 Å². The molecule has 3 rings (SSSR count). The molecule has 0 saturated heterocycles. The van der Waals surface area contributed by atoms with E-state index in [0.717, 1.165) is 17.2 Å². The van der Waals surface area contributed by atoms with Crippen molar-refractivity contribution in [1.29, 1.82) is 0 Å². The van der Waals surface area contributed by atoms with Gasteiger partial charge in [0.25, 0.3) is 5.91 Å². The van der Waals surface area contributed by atoms with Crippen LogP contribution in [0.4, 0.5) is 4.39 Å². The summed E-state index contributed by atoms with van der Waals surface area (Å²) in [4.78, 5) is 15.4. The van der Waals surface area contributed by atoms with Gasteiger partial charge < -0.3 is 5.32 Å². The summed E-state index contributed by atoms with van der Waals surface area (Å²) < 4.78 is 12.7. The zero-order valence-corrected chi connectivity index (χ0v) is 11.8. The molecule has 0 aliphatic heterocycles. The molecule has 0 unspecified atom stereocenters. The fraction of sp³-hybridized carbons (Fsp3) is 0.0667. The Hall–Kier alpha value is -3.29. The second-order valence-corrected chi connectivity index (χ2v) is 4.62. The second-order valence-electron chi connectivity index (χ2n) is 4.62. The molecule has 7 nitrogen and oxygen atoms in total. The highest BCUT2D eigenvalue weighted by molar-refractivity contribution is 5.93. The van der Waals surface area contributed by atoms with Gasteiger partial charge in [-0.3, -0.25) is 4.79 Å². The predicted molar refractivity (Wildman–Crippen MR) is 78.4 cm³/mol. The number of rotatable bonds is 4. The average Bonchev–Trinajstić information content (AvgIpc) is 2.61. The van der Waals surface area contributed by atoms with Crippen molar-refractivity contribution in [2.45, 2.75) is 6.54 Å². The van der Waals surface area contributed by atoms with Crippen LogP contribution in [0.5, 0.6) is 0 Å². The highest BCUT2D eigenvalue weighted by Crippen LogP contribution is 2.13. The van der Waals surface area contributed by atoms with Gasteiger partial charge in [-0.25, -0.2) is 4.98 Å². The summed E-state index contributed by atoms with van der Waals surface area (Å²) >= 11 is 0. The molecule has 0 radical (unpaired) electrons. The van der Waals surface area contributed by atoms with Gasteiger partial charge in [0.2, 0.25) is 11.8 Å². The molecular formula is C15H11FN6O. The molecule has 8 heteroatoms. The molecule has 0 atom stereocenters. The van der Waals surface area contributed by atoms with E-state index in [-0.39, 0.29) is 5.91 Å². The Morgan fingerprint density at radius 3 is 2.43 bits per heavy atom. The molecule has 0 saturated carbocycles. The number of halogens is 1. The van der Waals surface area contributed by atoms with Crippen LogP contribution in [0.3, 0.4) is 0 Å². The summed E-state index contributed by atoms with van der Waals surface area (Å²) in [7, 11) is 0. The summed E-state index contributed by atoms with van der Waals surface area (Å²) in [5.74, 6) is -0.508. The fourth-order valence-electron chi connectivity index (χ4n) is 1.89. The first kappa shape index (κ1) is 14.6. The lowest BCUT2D eigenvalue weighted by molar-refractivity contribution is 0.0950. The van der Waals surface area contributed by atoms with Crippen LogP contribution in [-0.4, -0.2) is 31.3 Å². The lowest BCUT2D eigenvalue weighted by Crippen LogP contribution is -2.22.